The van der Waals surface area contributed by atoms with Crippen molar-refractivity contribution in [2.45, 2.75) is 25.7 Å². The fourth-order valence-corrected chi connectivity index (χ4v) is 2.68. The van der Waals surface area contributed by atoms with Crippen LogP contribution in [0, 0.1) is 34.5 Å². The molecule has 0 bridgehead atoms. The second-order valence-electron chi connectivity index (χ2n) is 5.68. The highest BCUT2D eigenvalue weighted by Gasteiger charge is 2.26. The van der Waals surface area contributed by atoms with Gasteiger partial charge in [0.15, 0.2) is 5.83 Å². The molecule has 0 aromatic heterocycles. The molecule has 1 saturated carbocycles. The summed E-state index contributed by atoms with van der Waals surface area (Å²) in [5.74, 6) is -0.481. The van der Waals surface area contributed by atoms with Crippen molar-refractivity contribution in [2.24, 2.45) is 11.8 Å². The Labute approximate surface area is 140 Å². The van der Waals surface area contributed by atoms with Crippen molar-refractivity contribution in [1.82, 2.24) is 0 Å². The minimum atomic E-state index is -0.814. The number of rotatable bonds is 4. The summed E-state index contributed by atoms with van der Waals surface area (Å²) in [4.78, 5) is 12.2. The Bertz CT molecular complexity index is 715. The topological polar surface area (TPSA) is 73.9 Å². The van der Waals surface area contributed by atoms with E-state index in [1.165, 1.54) is 6.07 Å². The second-order valence-corrected chi connectivity index (χ2v) is 5.68. The van der Waals surface area contributed by atoms with E-state index in [2.05, 4.69) is 0 Å². The van der Waals surface area contributed by atoms with Crippen molar-refractivity contribution in [1.29, 1.82) is 10.5 Å². The Balaban J connectivity index is 1.82. The van der Waals surface area contributed by atoms with E-state index >= 15 is 0 Å². The summed E-state index contributed by atoms with van der Waals surface area (Å²) in [5.41, 5.74) is 0.518. The number of ether oxygens (including phenoxy) is 1. The van der Waals surface area contributed by atoms with Crippen molar-refractivity contribution < 1.29 is 13.9 Å². The van der Waals surface area contributed by atoms with E-state index in [0.29, 0.717) is 24.2 Å². The van der Waals surface area contributed by atoms with Gasteiger partial charge < -0.3 is 4.74 Å². The molecule has 1 aliphatic carbocycles. The molecule has 1 aliphatic rings. The van der Waals surface area contributed by atoms with Gasteiger partial charge in [-0.1, -0.05) is 12.2 Å². The van der Waals surface area contributed by atoms with Crippen LogP contribution in [0.2, 0.25) is 0 Å². The zero-order valence-electron chi connectivity index (χ0n) is 13.1. The number of carbonyl (C=O) groups excluding carboxylic acids is 1. The maximum Gasteiger partial charge on any atom is 0.314 e. The number of carbonyl (C=O) groups is 1. The van der Waals surface area contributed by atoms with E-state index in [4.69, 9.17) is 15.3 Å². The van der Waals surface area contributed by atoms with E-state index in [9.17, 15) is 9.18 Å². The first kappa shape index (κ1) is 17.4. The zero-order chi connectivity index (χ0) is 17.4. The van der Waals surface area contributed by atoms with Gasteiger partial charge in [0.1, 0.15) is 11.8 Å². The largest absolute Gasteiger partial charge is 0.426 e. The molecule has 0 radical (unpaired) electrons. The lowest BCUT2D eigenvalue weighted by Crippen LogP contribution is -2.25. The predicted octanol–water partition coefficient (Wildman–Crippen LogP) is 4.20. The number of allylic oxidation sites excluding steroid dienone is 4. The van der Waals surface area contributed by atoms with Gasteiger partial charge in [-0.05, 0) is 61.9 Å². The molecule has 0 spiro atoms. The molecule has 1 aromatic carbocycles. The van der Waals surface area contributed by atoms with Crippen LogP contribution >= 0.6 is 0 Å². The third kappa shape index (κ3) is 5.07. The Morgan fingerprint density at radius 3 is 2.42 bits per heavy atom. The highest BCUT2D eigenvalue weighted by atomic mass is 19.1. The summed E-state index contributed by atoms with van der Waals surface area (Å²) in [6.07, 6.45) is 7.66. The SMILES string of the molecule is N#CC(F)=CC=CC1CCC(C(=O)Oc2ccc(C#N)cc2)CC1. The average molecular weight is 324 g/mol. The van der Waals surface area contributed by atoms with E-state index in [1.807, 2.05) is 12.1 Å². The number of hydrogen-bond donors (Lipinski definition) is 0. The molecule has 0 amide bonds. The number of halogens is 1. The molecule has 0 saturated heterocycles. The quantitative estimate of drug-likeness (QED) is 0.360. The maximum absolute atomic E-state index is 12.7. The Morgan fingerprint density at radius 1 is 1.17 bits per heavy atom. The molecule has 4 nitrogen and oxygen atoms in total. The van der Waals surface area contributed by atoms with Gasteiger partial charge in [-0.25, -0.2) is 0 Å². The number of esters is 1. The Hall–Kier alpha value is -2.92. The molecular formula is C19H17FN2O2. The molecule has 2 rings (SSSR count). The number of hydrogen-bond acceptors (Lipinski definition) is 4. The lowest BCUT2D eigenvalue weighted by Gasteiger charge is -2.25. The molecule has 1 fully saturated rings. The lowest BCUT2D eigenvalue weighted by atomic mass is 9.82. The van der Waals surface area contributed by atoms with Crippen molar-refractivity contribution in [3.05, 3.63) is 53.9 Å². The van der Waals surface area contributed by atoms with E-state index in [-0.39, 0.29) is 17.8 Å². The third-order valence-corrected chi connectivity index (χ3v) is 4.04. The van der Waals surface area contributed by atoms with E-state index in [0.717, 1.165) is 18.9 Å². The predicted molar refractivity (Wildman–Crippen MR) is 86.2 cm³/mol. The van der Waals surface area contributed by atoms with Gasteiger partial charge in [0, 0.05) is 0 Å². The van der Waals surface area contributed by atoms with Gasteiger partial charge in [-0.2, -0.15) is 14.9 Å². The number of nitriles is 2. The third-order valence-electron chi connectivity index (χ3n) is 4.04. The molecule has 0 unspecified atom stereocenters. The average Bonchev–Trinajstić information content (AvgIpc) is 2.62. The Kier molecular flexibility index (Phi) is 6.28. The first-order valence-corrected chi connectivity index (χ1v) is 7.78. The molecule has 5 heteroatoms. The second kappa shape index (κ2) is 8.64. The molecule has 1 aromatic rings. The van der Waals surface area contributed by atoms with Crippen LogP contribution in [0.5, 0.6) is 5.75 Å². The fourth-order valence-electron chi connectivity index (χ4n) is 2.68. The van der Waals surface area contributed by atoms with Gasteiger partial charge in [0.2, 0.25) is 0 Å². The van der Waals surface area contributed by atoms with Crippen molar-refractivity contribution >= 4 is 5.97 Å². The van der Waals surface area contributed by atoms with Crippen LogP contribution in [-0.4, -0.2) is 5.97 Å². The van der Waals surface area contributed by atoms with Crippen molar-refractivity contribution in [2.75, 3.05) is 0 Å². The van der Waals surface area contributed by atoms with Gasteiger partial charge in [0.05, 0.1) is 17.6 Å². The fraction of sp³-hybridized carbons (Fsp3) is 0.316. The van der Waals surface area contributed by atoms with Gasteiger partial charge in [-0.15, -0.1) is 0 Å². The summed E-state index contributed by atoms with van der Waals surface area (Å²) >= 11 is 0. The summed E-state index contributed by atoms with van der Waals surface area (Å²) in [5, 5.41) is 17.1. The summed E-state index contributed by atoms with van der Waals surface area (Å²) < 4.78 is 18.0. The molecule has 0 atom stereocenters. The van der Waals surface area contributed by atoms with Gasteiger partial charge >= 0.3 is 5.97 Å². The van der Waals surface area contributed by atoms with Crippen molar-refractivity contribution in [3.63, 3.8) is 0 Å². The molecule has 0 heterocycles. The van der Waals surface area contributed by atoms with Crippen molar-refractivity contribution in [3.8, 4) is 17.9 Å². The van der Waals surface area contributed by atoms with E-state index in [1.54, 1.807) is 30.3 Å². The number of benzene rings is 1. The lowest BCUT2D eigenvalue weighted by molar-refractivity contribution is -0.140. The summed E-state index contributed by atoms with van der Waals surface area (Å²) in [6.45, 7) is 0. The van der Waals surface area contributed by atoms with Crippen LogP contribution in [0.3, 0.4) is 0 Å². The van der Waals surface area contributed by atoms with Crippen LogP contribution < -0.4 is 4.74 Å². The highest BCUT2D eigenvalue weighted by molar-refractivity contribution is 5.75. The minimum Gasteiger partial charge on any atom is -0.426 e. The molecule has 122 valence electrons. The van der Waals surface area contributed by atoms with Crippen LogP contribution in [0.25, 0.3) is 0 Å². The highest BCUT2D eigenvalue weighted by Crippen LogP contribution is 2.31. The smallest absolute Gasteiger partial charge is 0.314 e. The maximum atomic E-state index is 12.7. The first-order valence-electron chi connectivity index (χ1n) is 7.78. The number of nitrogens with zero attached hydrogens (tertiary/aromatic N) is 2. The standard InChI is InChI=1S/C19H17FN2O2/c20-17(13-22)3-1-2-14-4-8-16(9-5-14)19(23)24-18-10-6-15(12-21)7-11-18/h1-3,6-7,10-11,14,16H,4-5,8-9H2. The van der Waals surface area contributed by atoms with Crippen LogP contribution in [0.15, 0.2) is 48.3 Å². The summed E-state index contributed by atoms with van der Waals surface area (Å²) in [7, 11) is 0. The molecule has 0 aliphatic heterocycles. The summed E-state index contributed by atoms with van der Waals surface area (Å²) in [6, 6.07) is 9.87. The zero-order valence-corrected chi connectivity index (χ0v) is 13.1. The van der Waals surface area contributed by atoms with E-state index < -0.39 is 5.83 Å². The van der Waals surface area contributed by atoms with Crippen LogP contribution in [0.1, 0.15) is 31.2 Å². The molecule has 24 heavy (non-hydrogen) atoms. The Morgan fingerprint density at radius 2 is 1.83 bits per heavy atom. The van der Waals surface area contributed by atoms with Gasteiger partial charge in [0.25, 0.3) is 0 Å². The first-order chi connectivity index (χ1) is 11.6. The van der Waals surface area contributed by atoms with Gasteiger partial charge in [-0.3, -0.25) is 4.79 Å². The van der Waals surface area contributed by atoms with Crippen LogP contribution in [-0.2, 0) is 4.79 Å². The monoisotopic (exact) mass is 324 g/mol. The molecular weight excluding hydrogens is 307 g/mol. The van der Waals surface area contributed by atoms with Crippen LogP contribution in [0.4, 0.5) is 4.39 Å². The minimum absolute atomic E-state index is 0.142. The molecule has 0 N–H and O–H groups in total. The normalized spacial score (nSPS) is 21.0.